The molecule has 0 aliphatic rings. The summed E-state index contributed by atoms with van der Waals surface area (Å²) in [5.41, 5.74) is 0.955. The van der Waals surface area contributed by atoms with Gasteiger partial charge in [-0.3, -0.25) is 0 Å². The minimum atomic E-state index is 0.686. The Morgan fingerprint density at radius 1 is 1.42 bits per heavy atom. The first-order chi connectivity index (χ1) is 5.84. The Bertz CT molecular complexity index is 240. The smallest absolute Gasteiger partial charge is 0.0637 e. The molecule has 0 heterocycles. The fourth-order valence-electron chi connectivity index (χ4n) is 0.892. The Balaban J connectivity index is 2.46. The lowest BCUT2D eigenvalue weighted by Crippen LogP contribution is -2.07. The van der Waals surface area contributed by atoms with Crippen molar-refractivity contribution in [3.05, 3.63) is 29.3 Å². The summed E-state index contributed by atoms with van der Waals surface area (Å²) in [6, 6.07) is 7.65. The molecule has 0 aliphatic heterocycles. The van der Waals surface area contributed by atoms with Crippen LogP contribution < -0.4 is 5.32 Å². The number of halogens is 1. The lowest BCUT2D eigenvalue weighted by atomic mass is 10.3. The van der Waals surface area contributed by atoms with E-state index in [0.717, 1.165) is 17.3 Å². The highest BCUT2D eigenvalue weighted by Crippen LogP contribution is 2.19. The van der Waals surface area contributed by atoms with Crippen molar-refractivity contribution in [1.29, 1.82) is 0 Å². The first-order valence-electron chi connectivity index (χ1n) is 3.82. The number of hydrogen-bond acceptors (Lipinski definition) is 2. The van der Waals surface area contributed by atoms with Crippen molar-refractivity contribution in [3.63, 3.8) is 0 Å². The third-order valence-electron chi connectivity index (χ3n) is 1.50. The molecule has 1 rings (SSSR count). The standard InChI is InChI=1S/C9H12ClNO/c1-12-7-6-11-9-5-3-2-4-8(9)10/h2-5,11H,6-7H2,1H3. The van der Waals surface area contributed by atoms with Crippen LogP contribution in [0.2, 0.25) is 5.02 Å². The lowest BCUT2D eigenvalue weighted by Gasteiger charge is -2.06. The predicted molar refractivity (Wildman–Crippen MR) is 51.8 cm³/mol. The summed E-state index contributed by atoms with van der Waals surface area (Å²) in [7, 11) is 1.67. The van der Waals surface area contributed by atoms with E-state index >= 15 is 0 Å². The van der Waals surface area contributed by atoms with Crippen LogP contribution in [0.1, 0.15) is 0 Å². The van der Waals surface area contributed by atoms with Gasteiger partial charge in [0.1, 0.15) is 0 Å². The Morgan fingerprint density at radius 3 is 2.83 bits per heavy atom. The molecule has 0 unspecified atom stereocenters. The lowest BCUT2D eigenvalue weighted by molar-refractivity contribution is 0.211. The third kappa shape index (κ3) is 2.72. The van der Waals surface area contributed by atoms with Gasteiger partial charge in [0.15, 0.2) is 0 Å². The molecule has 66 valence electrons. The zero-order valence-corrected chi connectivity index (χ0v) is 7.77. The molecule has 0 spiro atoms. The highest BCUT2D eigenvalue weighted by Gasteiger charge is 1.95. The van der Waals surface area contributed by atoms with Gasteiger partial charge in [-0.25, -0.2) is 0 Å². The van der Waals surface area contributed by atoms with Gasteiger partial charge >= 0.3 is 0 Å². The second-order valence-corrected chi connectivity index (χ2v) is 2.81. The molecular weight excluding hydrogens is 174 g/mol. The van der Waals surface area contributed by atoms with Crippen molar-refractivity contribution in [2.45, 2.75) is 0 Å². The molecule has 2 nitrogen and oxygen atoms in total. The van der Waals surface area contributed by atoms with Crippen LogP contribution in [0.25, 0.3) is 0 Å². The number of ether oxygens (including phenoxy) is 1. The van der Waals surface area contributed by atoms with Crippen molar-refractivity contribution in [2.24, 2.45) is 0 Å². The van der Waals surface area contributed by atoms with Crippen molar-refractivity contribution < 1.29 is 4.74 Å². The maximum atomic E-state index is 5.90. The molecule has 0 radical (unpaired) electrons. The Kier molecular flexibility index (Phi) is 3.91. The van der Waals surface area contributed by atoms with Gasteiger partial charge in [0.2, 0.25) is 0 Å². The van der Waals surface area contributed by atoms with Crippen LogP contribution in [-0.4, -0.2) is 20.3 Å². The van der Waals surface area contributed by atoms with E-state index in [1.165, 1.54) is 0 Å². The number of nitrogens with one attached hydrogen (secondary N) is 1. The van der Waals surface area contributed by atoms with E-state index in [1.54, 1.807) is 7.11 Å². The SMILES string of the molecule is COCCNc1ccccc1Cl. The van der Waals surface area contributed by atoms with E-state index in [4.69, 9.17) is 16.3 Å². The van der Waals surface area contributed by atoms with E-state index in [0.29, 0.717) is 6.61 Å². The van der Waals surface area contributed by atoms with Crippen molar-refractivity contribution in [2.75, 3.05) is 25.6 Å². The average Bonchev–Trinajstić information content (AvgIpc) is 2.09. The quantitative estimate of drug-likeness (QED) is 0.728. The highest BCUT2D eigenvalue weighted by molar-refractivity contribution is 6.33. The minimum absolute atomic E-state index is 0.686. The third-order valence-corrected chi connectivity index (χ3v) is 1.83. The number of methoxy groups -OCH3 is 1. The Labute approximate surface area is 77.5 Å². The maximum Gasteiger partial charge on any atom is 0.0637 e. The van der Waals surface area contributed by atoms with Crippen LogP contribution in [0.5, 0.6) is 0 Å². The first-order valence-corrected chi connectivity index (χ1v) is 4.19. The molecular formula is C9H12ClNO. The topological polar surface area (TPSA) is 21.3 Å². The summed E-state index contributed by atoms with van der Waals surface area (Å²) in [5, 5.41) is 3.90. The van der Waals surface area contributed by atoms with Crippen molar-refractivity contribution in [3.8, 4) is 0 Å². The van der Waals surface area contributed by atoms with Crippen LogP contribution in [0.3, 0.4) is 0 Å². The first kappa shape index (κ1) is 9.36. The summed E-state index contributed by atoms with van der Waals surface area (Å²) in [5.74, 6) is 0. The van der Waals surface area contributed by atoms with Gasteiger partial charge in [0, 0.05) is 13.7 Å². The van der Waals surface area contributed by atoms with Gasteiger partial charge in [0.05, 0.1) is 17.3 Å². The molecule has 0 saturated heterocycles. The van der Waals surface area contributed by atoms with Crippen molar-refractivity contribution >= 4 is 17.3 Å². The summed E-state index contributed by atoms with van der Waals surface area (Å²) >= 11 is 5.90. The van der Waals surface area contributed by atoms with Crippen LogP contribution in [0, 0.1) is 0 Å². The van der Waals surface area contributed by atoms with E-state index < -0.39 is 0 Å². The van der Waals surface area contributed by atoms with Gasteiger partial charge in [-0.1, -0.05) is 23.7 Å². The Hall–Kier alpha value is -0.730. The molecule has 1 aromatic rings. The second kappa shape index (κ2) is 5.01. The van der Waals surface area contributed by atoms with Gasteiger partial charge in [-0.2, -0.15) is 0 Å². The summed E-state index contributed by atoms with van der Waals surface area (Å²) in [4.78, 5) is 0. The maximum absolute atomic E-state index is 5.90. The normalized spacial score (nSPS) is 9.83. The van der Waals surface area contributed by atoms with Gasteiger partial charge in [0.25, 0.3) is 0 Å². The summed E-state index contributed by atoms with van der Waals surface area (Å²) < 4.78 is 4.90. The molecule has 12 heavy (non-hydrogen) atoms. The van der Waals surface area contributed by atoms with Crippen LogP contribution in [-0.2, 0) is 4.74 Å². The largest absolute Gasteiger partial charge is 0.383 e. The highest BCUT2D eigenvalue weighted by atomic mass is 35.5. The summed E-state index contributed by atoms with van der Waals surface area (Å²) in [6.45, 7) is 1.46. The van der Waals surface area contributed by atoms with E-state index in [-0.39, 0.29) is 0 Å². The number of anilines is 1. The summed E-state index contributed by atoms with van der Waals surface area (Å²) in [6.07, 6.45) is 0. The number of para-hydroxylation sites is 1. The monoisotopic (exact) mass is 185 g/mol. The van der Waals surface area contributed by atoms with Crippen LogP contribution in [0.4, 0.5) is 5.69 Å². The molecule has 0 atom stereocenters. The van der Waals surface area contributed by atoms with Gasteiger partial charge in [-0.05, 0) is 12.1 Å². The van der Waals surface area contributed by atoms with Crippen LogP contribution in [0.15, 0.2) is 24.3 Å². The molecule has 0 aromatic heterocycles. The molecule has 0 fully saturated rings. The molecule has 0 amide bonds. The number of rotatable bonds is 4. The van der Waals surface area contributed by atoms with E-state index in [9.17, 15) is 0 Å². The van der Waals surface area contributed by atoms with E-state index in [1.807, 2.05) is 24.3 Å². The fourth-order valence-corrected chi connectivity index (χ4v) is 1.09. The second-order valence-electron chi connectivity index (χ2n) is 2.40. The molecule has 3 heteroatoms. The average molecular weight is 186 g/mol. The van der Waals surface area contributed by atoms with Crippen molar-refractivity contribution in [1.82, 2.24) is 0 Å². The molecule has 1 N–H and O–H groups in total. The van der Waals surface area contributed by atoms with E-state index in [2.05, 4.69) is 5.32 Å². The number of benzene rings is 1. The van der Waals surface area contributed by atoms with Gasteiger partial charge in [-0.15, -0.1) is 0 Å². The zero-order valence-electron chi connectivity index (χ0n) is 7.01. The van der Waals surface area contributed by atoms with Crippen LogP contribution >= 0.6 is 11.6 Å². The number of hydrogen-bond donors (Lipinski definition) is 1. The molecule has 0 bridgehead atoms. The Morgan fingerprint density at radius 2 is 2.17 bits per heavy atom. The molecule has 0 saturated carbocycles. The molecule has 0 aliphatic carbocycles. The predicted octanol–water partition coefficient (Wildman–Crippen LogP) is 2.40. The van der Waals surface area contributed by atoms with Gasteiger partial charge < -0.3 is 10.1 Å². The minimum Gasteiger partial charge on any atom is -0.383 e. The molecule has 1 aromatic carbocycles. The fraction of sp³-hybridized carbons (Fsp3) is 0.333. The zero-order chi connectivity index (χ0) is 8.81.